The first-order valence-corrected chi connectivity index (χ1v) is 10.5. The summed E-state index contributed by atoms with van der Waals surface area (Å²) in [4.78, 5) is 6.12. The molecule has 0 saturated heterocycles. The van der Waals surface area contributed by atoms with Gasteiger partial charge in [-0.05, 0) is 36.2 Å². The second-order valence-electron chi connectivity index (χ2n) is 7.27. The fourth-order valence-electron chi connectivity index (χ4n) is 4.07. The van der Waals surface area contributed by atoms with E-state index in [4.69, 9.17) is 9.40 Å². The van der Waals surface area contributed by atoms with Crippen LogP contribution in [0.25, 0.3) is 53.7 Å². The summed E-state index contributed by atoms with van der Waals surface area (Å²) in [7, 11) is 0. The number of benzene rings is 3. The zero-order chi connectivity index (χ0) is 19.4. The first kappa shape index (κ1) is 16.5. The molecular weight excluding hydrogens is 374 g/mol. The number of aromatic nitrogens is 1. The lowest BCUT2D eigenvalue weighted by Gasteiger charge is -2.02. The third-order valence-electron chi connectivity index (χ3n) is 5.54. The van der Waals surface area contributed by atoms with Crippen LogP contribution in [0.2, 0.25) is 0 Å². The zero-order valence-corrected chi connectivity index (χ0v) is 16.7. The van der Waals surface area contributed by atoms with Crippen LogP contribution in [0, 0.1) is 6.92 Å². The Morgan fingerprint density at radius 3 is 2.48 bits per heavy atom. The maximum absolute atomic E-state index is 6.21. The standard InChI is InChI=1S/C26H17NOS/c1-16-21-15-27-22(14-24(21)29-26(16)17-8-3-2-4-9-17)20-12-7-11-19-18-10-5-6-13-23(18)28-25(19)20/h2-15H,1H3. The SMILES string of the molecule is Cc1c(-c2ccccc2)sc2cc(-c3cccc4c3oc3ccccc34)ncc12. The lowest BCUT2D eigenvalue weighted by Crippen LogP contribution is -1.84. The number of para-hydroxylation sites is 2. The molecule has 3 aromatic carbocycles. The number of aryl methyl sites for hydroxylation is 1. The van der Waals surface area contributed by atoms with E-state index in [2.05, 4.69) is 67.6 Å². The Labute approximate surface area is 172 Å². The number of furan rings is 1. The van der Waals surface area contributed by atoms with Crippen molar-refractivity contribution in [2.45, 2.75) is 6.92 Å². The van der Waals surface area contributed by atoms with E-state index in [1.807, 2.05) is 35.7 Å². The average Bonchev–Trinajstić information content (AvgIpc) is 3.32. The monoisotopic (exact) mass is 391 g/mol. The van der Waals surface area contributed by atoms with E-state index >= 15 is 0 Å². The second kappa shape index (κ2) is 6.29. The molecule has 0 saturated carbocycles. The van der Waals surface area contributed by atoms with Gasteiger partial charge in [0.25, 0.3) is 0 Å². The number of hydrogen-bond donors (Lipinski definition) is 0. The Hall–Kier alpha value is -3.43. The molecule has 3 aromatic heterocycles. The smallest absolute Gasteiger partial charge is 0.144 e. The van der Waals surface area contributed by atoms with Crippen LogP contribution in [-0.2, 0) is 0 Å². The van der Waals surface area contributed by atoms with Crippen LogP contribution in [0.4, 0.5) is 0 Å². The highest BCUT2D eigenvalue weighted by Crippen LogP contribution is 2.40. The van der Waals surface area contributed by atoms with Gasteiger partial charge in [-0.3, -0.25) is 4.98 Å². The molecule has 0 atom stereocenters. The lowest BCUT2D eigenvalue weighted by atomic mass is 10.0. The van der Waals surface area contributed by atoms with Gasteiger partial charge in [0.15, 0.2) is 0 Å². The van der Waals surface area contributed by atoms with Crippen LogP contribution in [-0.4, -0.2) is 4.98 Å². The van der Waals surface area contributed by atoms with Crippen molar-refractivity contribution in [3.63, 3.8) is 0 Å². The van der Waals surface area contributed by atoms with Gasteiger partial charge in [-0.25, -0.2) is 0 Å². The van der Waals surface area contributed by atoms with Gasteiger partial charge in [0.2, 0.25) is 0 Å². The normalized spacial score (nSPS) is 11.6. The van der Waals surface area contributed by atoms with Crippen LogP contribution in [0.15, 0.2) is 89.5 Å². The molecule has 0 N–H and O–H groups in total. The molecule has 6 rings (SSSR count). The van der Waals surface area contributed by atoms with Crippen molar-refractivity contribution in [1.29, 1.82) is 0 Å². The molecule has 0 spiro atoms. The van der Waals surface area contributed by atoms with E-state index in [-0.39, 0.29) is 0 Å². The minimum atomic E-state index is 0.900. The predicted octanol–water partition coefficient (Wildman–Crippen LogP) is 7.84. The van der Waals surface area contributed by atoms with Crippen molar-refractivity contribution in [1.82, 2.24) is 4.98 Å². The second-order valence-corrected chi connectivity index (χ2v) is 8.32. The first-order valence-electron chi connectivity index (χ1n) is 9.65. The Morgan fingerprint density at radius 1 is 0.793 bits per heavy atom. The van der Waals surface area contributed by atoms with Gasteiger partial charge >= 0.3 is 0 Å². The van der Waals surface area contributed by atoms with Crippen molar-refractivity contribution < 1.29 is 4.42 Å². The fourth-order valence-corrected chi connectivity index (χ4v) is 5.30. The van der Waals surface area contributed by atoms with Crippen LogP contribution >= 0.6 is 11.3 Å². The molecule has 0 unspecified atom stereocenters. The quantitative estimate of drug-likeness (QED) is 0.300. The average molecular weight is 391 g/mol. The molecule has 3 heteroatoms. The van der Waals surface area contributed by atoms with Gasteiger partial charge in [0.05, 0.1) is 5.69 Å². The molecule has 0 aliphatic rings. The molecule has 0 amide bonds. The van der Waals surface area contributed by atoms with Gasteiger partial charge in [-0.15, -0.1) is 11.3 Å². The Balaban J connectivity index is 1.57. The van der Waals surface area contributed by atoms with Gasteiger partial charge in [0.1, 0.15) is 11.2 Å². The number of nitrogens with zero attached hydrogens (tertiary/aromatic N) is 1. The van der Waals surface area contributed by atoms with E-state index in [0.29, 0.717) is 0 Å². The van der Waals surface area contributed by atoms with Crippen LogP contribution in [0.5, 0.6) is 0 Å². The third kappa shape index (κ3) is 2.51. The number of rotatable bonds is 2. The third-order valence-corrected chi connectivity index (χ3v) is 6.84. The Bertz CT molecular complexity index is 1510. The van der Waals surface area contributed by atoms with E-state index < -0.39 is 0 Å². The first-order chi connectivity index (χ1) is 14.3. The van der Waals surface area contributed by atoms with E-state index in [1.54, 1.807) is 0 Å². The highest BCUT2D eigenvalue weighted by Gasteiger charge is 2.15. The minimum Gasteiger partial charge on any atom is -0.455 e. The van der Waals surface area contributed by atoms with E-state index in [1.165, 1.54) is 26.1 Å². The maximum atomic E-state index is 6.21. The van der Waals surface area contributed by atoms with Gasteiger partial charge in [0, 0.05) is 37.5 Å². The summed E-state index contributed by atoms with van der Waals surface area (Å²) >= 11 is 1.83. The molecular formula is C26H17NOS. The molecule has 29 heavy (non-hydrogen) atoms. The molecule has 0 fully saturated rings. The van der Waals surface area contributed by atoms with E-state index in [9.17, 15) is 0 Å². The summed E-state index contributed by atoms with van der Waals surface area (Å²) in [6.07, 6.45) is 2.00. The van der Waals surface area contributed by atoms with Crippen molar-refractivity contribution in [3.8, 4) is 21.7 Å². The summed E-state index contributed by atoms with van der Waals surface area (Å²) in [6, 6.07) is 27.2. The topological polar surface area (TPSA) is 26.0 Å². The molecule has 0 aliphatic carbocycles. The highest BCUT2D eigenvalue weighted by molar-refractivity contribution is 7.22. The molecule has 0 bridgehead atoms. The van der Waals surface area contributed by atoms with Crippen LogP contribution in [0.1, 0.15) is 5.56 Å². The van der Waals surface area contributed by atoms with E-state index in [0.717, 1.165) is 33.2 Å². The molecule has 0 radical (unpaired) electrons. The highest BCUT2D eigenvalue weighted by atomic mass is 32.1. The molecule has 2 nitrogen and oxygen atoms in total. The lowest BCUT2D eigenvalue weighted by molar-refractivity contribution is 0.670. The van der Waals surface area contributed by atoms with Crippen molar-refractivity contribution in [2.75, 3.05) is 0 Å². The summed E-state index contributed by atoms with van der Waals surface area (Å²) in [6.45, 7) is 2.18. The fraction of sp³-hybridized carbons (Fsp3) is 0.0385. The molecule has 6 aromatic rings. The zero-order valence-electron chi connectivity index (χ0n) is 15.8. The van der Waals surface area contributed by atoms with Crippen LogP contribution < -0.4 is 0 Å². The van der Waals surface area contributed by atoms with Crippen molar-refractivity contribution in [2.24, 2.45) is 0 Å². The minimum absolute atomic E-state index is 0.900. The number of pyridine rings is 1. The molecule has 0 aliphatic heterocycles. The molecule has 138 valence electrons. The van der Waals surface area contributed by atoms with Gasteiger partial charge in [-0.1, -0.05) is 60.7 Å². The van der Waals surface area contributed by atoms with Gasteiger partial charge < -0.3 is 4.42 Å². The summed E-state index contributed by atoms with van der Waals surface area (Å²) < 4.78 is 7.46. The summed E-state index contributed by atoms with van der Waals surface area (Å²) in [5.74, 6) is 0. The largest absolute Gasteiger partial charge is 0.455 e. The van der Waals surface area contributed by atoms with Crippen molar-refractivity contribution in [3.05, 3.63) is 90.6 Å². The summed E-state index contributed by atoms with van der Waals surface area (Å²) in [5.41, 5.74) is 6.34. The predicted molar refractivity (Wildman–Crippen MR) is 123 cm³/mol. The number of fused-ring (bicyclic) bond motifs is 4. The Kier molecular flexibility index (Phi) is 3.58. The molecule has 3 heterocycles. The number of thiophene rings is 1. The maximum Gasteiger partial charge on any atom is 0.144 e. The van der Waals surface area contributed by atoms with Crippen molar-refractivity contribution >= 4 is 43.4 Å². The summed E-state index contributed by atoms with van der Waals surface area (Å²) in [5, 5.41) is 3.49. The Morgan fingerprint density at radius 2 is 1.59 bits per heavy atom. The van der Waals surface area contributed by atoms with Gasteiger partial charge in [-0.2, -0.15) is 0 Å². The number of hydrogen-bond acceptors (Lipinski definition) is 3. The van der Waals surface area contributed by atoms with Crippen LogP contribution in [0.3, 0.4) is 0 Å².